The molecule has 0 unspecified atom stereocenters. The van der Waals surface area contributed by atoms with Crippen molar-refractivity contribution in [3.8, 4) is 0 Å². The number of amides is 1. The van der Waals surface area contributed by atoms with Gasteiger partial charge in [-0.3, -0.25) is 4.79 Å². The third kappa shape index (κ3) is 4.35. The van der Waals surface area contributed by atoms with Gasteiger partial charge in [-0.05, 0) is 42.5 Å². The average molecular weight is 262 g/mol. The topological polar surface area (TPSA) is 41.1 Å². The van der Waals surface area contributed by atoms with Crippen molar-refractivity contribution in [2.45, 2.75) is 47.0 Å². The maximum Gasteiger partial charge on any atom is 0.238 e. The smallest absolute Gasteiger partial charge is 0.238 e. The van der Waals surface area contributed by atoms with E-state index in [4.69, 9.17) is 0 Å². The second-order valence-electron chi connectivity index (χ2n) is 6.06. The lowest BCUT2D eigenvalue weighted by molar-refractivity contribution is -0.115. The average Bonchev–Trinajstić information content (AvgIpc) is 2.29. The zero-order chi connectivity index (χ0) is 14.6. The minimum absolute atomic E-state index is 0.0107. The SMILES string of the molecule is CCNCC(=O)Nc1c(C)cc(C(C)(C)C)cc1C. The van der Waals surface area contributed by atoms with Crippen LogP contribution in [0.1, 0.15) is 44.4 Å². The summed E-state index contributed by atoms with van der Waals surface area (Å²) in [5.74, 6) is 0.0107. The number of anilines is 1. The molecular weight excluding hydrogens is 236 g/mol. The van der Waals surface area contributed by atoms with E-state index in [0.717, 1.165) is 23.4 Å². The predicted molar refractivity (Wildman–Crippen MR) is 81.8 cm³/mol. The summed E-state index contributed by atoms with van der Waals surface area (Å²) in [6.07, 6.45) is 0. The van der Waals surface area contributed by atoms with Crippen molar-refractivity contribution < 1.29 is 4.79 Å². The van der Waals surface area contributed by atoms with Crippen molar-refractivity contribution >= 4 is 11.6 Å². The van der Waals surface area contributed by atoms with Crippen LogP contribution in [0.15, 0.2) is 12.1 Å². The predicted octanol–water partition coefficient (Wildman–Crippen LogP) is 3.15. The fourth-order valence-corrected chi connectivity index (χ4v) is 2.02. The van der Waals surface area contributed by atoms with Crippen LogP contribution in [0.5, 0.6) is 0 Å². The number of likely N-dealkylation sites (N-methyl/N-ethyl adjacent to an activating group) is 1. The van der Waals surface area contributed by atoms with E-state index in [1.807, 2.05) is 20.8 Å². The highest BCUT2D eigenvalue weighted by molar-refractivity contribution is 5.93. The number of rotatable bonds is 4. The van der Waals surface area contributed by atoms with Gasteiger partial charge in [-0.15, -0.1) is 0 Å². The summed E-state index contributed by atoms with van der Waals surface area (Å²) in [6, 6.07) is 4.33. The van der Waals surface area contributed by atoms with Crippen molar-refractivity contribution in [2.24, 2.45) is 0 Å². The highest BCUT2D eigenvalue weighted by atomic mass is 16.1. The van der Waals surface area contributed by atoms with Gasteiger partial charge in [0.15, 0.2) is 0 Å². The van der Waals surface area contributed by atoms with E-state index in [1.54, 1.807) is 0 Å². The summed E-state index contributed by atoms with van der Waals surface area (Å²) >= 11 is 0. The van der Waals surface area contributed by atoms with Crippen LogP contribution in [-0.2, 0) is 10.2 Å². The Kier molecular flexibility index (Phi) is 5.12. The molecule has 0 aromatic heterocycles. The van der Waals surface area contributed by atoms with Crippen molar-refractivity contribution in [2.75, 3.05) is 18.4 Å². The fourth-order valence-electron chi connectivity index (χ4n) is 2.02. The number of hydrogen-bond donors (Lipinski definition) is 2. The second-order valence-corrected chi connectivity index (χ2v) is 6.06. The second kappa shape index (κ2) is 6.20. The summed E-state index contributed by atoms with van der Waals surface area (Å²) in [6.45, 7) is 13.8. The maximum absolute atomic E-state index is 11.8. The van der Waals surface area contributed by atoms with Gasteiger partial charge in [-0.2, -0.15) is 0 Å². The highest BCUT2D eigenvalue weighted by Crippen LogP contribution is 2.29. The van der Waals surface area contributed by atoms with E-state index in [-0.39, 0.29) is 11.3 Å². The lowest BCUT2D eigenvalue weighted by Crippen LogP contribution is -2.28. The van der Waals surface area contributed by atoms with Crippen molar-refractivity contribution in [3.05, 3.63) is 28.8 Å². The van der Waals surface area contributed by atoms with Crippen LogP contribution < -0.4 is 10.6 Å². The molecule has 106 valence electrons. The molecule has 19 heavy (non-hydrogen) atoms. The van der Waals surface area contributed by atoms with Gasteiger partial charge in [0.2, 0.25) is 5.91 Å². The third-order valence-electron chi connectivity index (χ3n) is 3.20. The molecule has 3 heteroatoms. The molecule has 0 saturated carbocycles. The van der Waals surface area contributed by atoms with Crippen LogP contribution in [0, 0.1) is 13.8 Å². The quantitative estimate of drug-likeness (QED) is 0.875. The lowest BCUT2D eigenvalue weighted by atomic mass is 9.85. The van der Waals surface area contributed by atoms with E-state index >= 15 is 0 Å². The Labute approximate surface area is 116 Å². The minimum atomic E-state index is 0.0107. The van der Waals surface area contributed by atoms with Gasteiger partial charge in [0.05, 0.1) is 6.54 Å². The first-order chi connectivity index (χ1) is 8.75. The Morgan fingerprint density at radius 1 is 1.16 bits per heavy atom. The molecule has 0 aliphatic heterocycles. The van der Waals surface area contributed by atoms with Crippen LogP contribution in [0.3, 0.4) is 0 Å². The first-order valence-electron chi connectivity index (χ1n) is 6.88. The molecule has 0 heterocycles. The van der Waals surface area contributed by atoms with Gasteiger partial charge in [0, 0.05) is 5.69 Å². The molecule has 0 aliphatic rings. The number of hydrogen-bond acceptors (Lipinski definition) is 2. The zero-order valence-electron chi connectivity index (χ0n) is 13.0. The molecule has 3 nitrogen and oxygen atoms in total. The highest BCUT2D eigenvalue weighted by Gasteiger charge is 2.16. The molecule has 0 aliphatic carbocycles. The van der Waals surface area contributed by atoms with Gasteiger partial charge in [0.1, 0.15) is 0 Å². The zero-order valence-corrected chi connectivity index (χ0v) is 13.0. The summed E-state index contributed by atoms with van der Waals surface area (Å²) in [5, 5.41) is 6.02. The Bertz CT molecular complexity index is 435. The summed E-state index contributed by atoms with van der Waals surface area (Å²) < 4.78 is 0. The molecule has 1 amide bonds. The van der Waals surface area contributed by atoms with Crippen LogP contribution in [0.25, 0.3) is 0 Å². The molecule has 0 radical (unpaired) electrons. The number of nitrogens with one attached hydrogen (secondary N) is 2. The van der Waals surface area contributed by atoms with E-state index in [1.165, 1.54) is 5.56 Å². The first kappa shape index (κ1) is 15.7. The van der Waals surface area contributed by atoms with E-state index < -0.39 is 0 Å². The van der Waals surface area contributed by atoms with Gasteiger partial charge < -0.3 is 10.6 Å². The Morgan fingerprint density at radius 3 is 2.11 bits per heavy atom. The summed E-state index contributed by atoms with van der Waals surface area (Å²) in [7, 11) is 0. The van der Waals surface area contributed by atoms with Crippen LogP contribution in [0.2, 0.25) is 0 Å². The minimum Gasteiger partial charge on any atom is -0.324 e. The van der Waals surface area contributed by atoms with E-state index in [9.17, 15) is 4.79 Å². The molecule has 0 fully saturated rings. The van der Waals surface area contributed by atoms with Crippen molar-refractivity contribution in [1.82, 2.24) is 5.32 Å². The molecule has 2 N–H and O–H groups in total. The molecule has 1 rings (SSSR count). The van der Waals surface area contributed by atoms with Crippen LogP contribution in [0.4, 0.5) is 5.69 Å². The van der Waals surface area contributed by atoms with Crippen LogP contribution in [-0.4, -0.2) is 19.0 Å². The molecule has 0 spiro atoms. The molecule has 1 aromatic carbocycles. The standard InChI is InChI=1S/C16H26N2O/c1-7-17-10-14(19)18-15-11(2)8-13(9-12(15)3)16(4,5)6/h8-9,17H,7,10H2,1-6H3,(H,18,19). The molecule has 0 bridgehead atoms. The third-order valence-corrected chi connectivity index (χ3v) is 3.20. The number of carbonyl (C=O) groups is 1. The Morgan fingerprint density at radius 2 is 1.68 bits per heavy atom. The summed E-state index contributed by atoms with van der Waals surface area (Å²) in [4.78, 5) is 11.8. The summed E-state index contributed by atoms with van der Waals surface area (Å²) in [5.41, 5.74) is 4.61. The maximum atomic E-state index is 11.8. The fraction of sp³-hybridized carbons (Fsp3) is 0.562. The Hall–Kier alpha value is -1.35. The molecule has 0 atom stereocenters. The van der Waals surface area contributed by atoms with E-state index in [0.29, 0.717) is 6.54 Å². The van der Waals surface area contributed by atoms with Crippen LogP contribution >= 0.6 is 0 Å². The van der Waals surface area contributed by atoms with Crippen molar-refractivity contribution in [1.29, 1.82) is 0 Å². The normalized spacial score (nSPS) is 11.5. The lowest BCUT2D eigenvalue weighted by Gasteiger charge is -2.22. The molecule has 0 saturated heterocycles. The number of aryl methyl sites for hydroxylation is 2. The Balaban J connectivity index is 2.95. The van der Waals surface area contributed by atoms with Gasteiger partial charge in [-0.25, -0.2) is 0 Å². The first-order valence-corrected chi connectivity index (χ1v) is 6.88. The number of carbonyl (C=O) groups excluding carboxylic acids is 1. The molecular formula is C16H26N2O. The van der Waals surface area contributed by atoms with Crippen molar-refractivity contribution in [3.63, 3.8) is 0 Å². The number of benzene rings is 1. The largest absolute Gasteiger partial charge is 0.324 e. The van der Waals surface area contributed by atoms with E-state index in [2.05, 4.69) is 43.5 Å². The van der Waals surface area contributed by atoms with Gasteiger partial charge >= 0.3 is 0 Å². The van der Waals surface area contributed by atoms with Gasteiger partial charge in [0.25, 0.3) is 0 Å². The van der Waals surface area contributed by atoms with Gasteiger partial charge in [-0.1, -0.05) is 39.8 Å². The molecule has 1 aromatic rings. The monoisotopic (exact) mass is 262 g/mol.